The maximum absolute atomic E-state index is 10.7. The number of hydrogen-bond acceptors (Lipinski definition) is 4. The van der Waals surface area contributed by atoms with E-state index in [9.17, 15) is 4.79 Å². The van der Waals surface area contributed by atoms with E-state index >= 15 is 0 Å². The molecule has 0 aliphatic heterocycles. The number of carboxylic acid groups (broad SMARTS) is 1. The van der Waals surface area contributed by atoms with Gasteiger partial charge in [0.15, 0.2) is 0 Å². The van der Waals surface area contributed by atoms with Crippen molar-refractivity contribution < 1.29 is 9.90 Å². The molecule has 66 valence electrons. The third-order valence-corrected chi connectivity index (χ3v) is 2.34. The fourth-order valence-corrected chi connectivity index (χ4v) is 1.61. The molecule has 0 saturated carbocycles. The molecule has 0 aliphatic carbocycles. The lowest BCUT2D eigenvalue weighted by molar-refractivity contribution is 0.0698. The van der Waals surface area contributed by atoms with E-state index in [-0.39, 0.29) is 5.56 Å². The van der Waals surface area contributed by atoms with E-state index in [4.69, 9.17) is 5.11 Å². The van der Waals surface area contributed by atoms with Crippen LogP contribution in [0.5, 0.6) is 0 Å². The van der Waals surface area contributed by atoms with Crippen LogP contribution in [-0.4, -0.2) is 26.3 Å². The standard InChI is InChI=1S/C7H5N3O2S/c11-7(12)4-1-9-10-6(4)5-2-8-3-13-5/h1-3H,(H,9,10)(H,11,12). The van der Waals surface area contributed by atoms with Crippen LogP contribution in [0.3, 0.4) is 0 Å². The molecule has 2 aromatic heterocycles. The summed E-state index contributed by atoms with van der Waals surface area (Å²) in [6, 6.07) is 0. The highest BCUT2D eigenvalue weighted by atomic mass is 32.1. The first-order valence-electron chi connectivity index (χ1n) is 3.44. The van der Waals surface area contributed by atoms with Gasteiger partial charge in [0, 0.05) is 6.20 Å². The predicted molar refractivity (Wildman–Crippen MR) is 46.7 cm³/mol. The number of nitrogens with zero attached hydrogens (tertiary/aromatic N) is 2. The Morgan fingerprint density at radius 3 is 3.00 bits per heavy atom. The van der Waals surface area contributed by atoms with Crippen molar-refractivity contribution in [3.8, 4) is 10.6 Å². The fourth-order valence-electron chi connectivity index (χ4n) is 0.975. The Labute approximate surface area is 77.1 Å². The van der Waals surface area contributed by atoms with Crippen LogP contribution in [-0.2, 0) is 0 Å². The number of thiazole rings is 1. The predicted octanol–water partition coefficient (Wildman–Crippen LogP) is 1.23. The minimum atomic E-state index is -0.989. The van der Waals surface area contributed by atoms with Crippen LogP contribution >= 0.6 is 11.3 Å². The first-order valence-corrected chi connectivity index (χ1v) is 4.32. The average Bonchev–Trinajstić information content (AvgIpc) is 2.74. The van der Waals surface area contributed by atoms with Crippen molar-refractivity contribution in [2.75, 3.05) is 0 Å². The number of aromatic carboxylic acids is 1. The lowest BCUT2D eigenvalue weighted by Gasteiger charge is -1.92. The third kappa shape index (κ3) is 1.31. The summed E-state index contributed by atoms with van der Waals surface area (Å²) >= 11 is 1.37. The molecule has 6 heteroatoms. The molecule has 0 spiro atoms. The van der Waals surface area contributed by atoms with E-state index < -0.39 is 5.97 Å². The highest BCUT2D eigenvalue weighted by Gasteiger charge is 2.14. The van der Waals surface area contributed by atoms with Crippen LogP contribution in [0, 0.1) is 0 Å². The van der Waals surface area contributed by atoms with Crippen LogP contribution in [0.4, 0.5) is 0 Å². The quantitative estimate of drug-likeness (QED) is 0.755. The van der Waals surface area contributed by atoms with Crippen molar-refractivity contribution in [3.63, 3.8) is 0 Å². The second-order valence-electron chi connectivity index (χ2n) is 2.33. The maximum Gasteiger partial charge on any atom is 0.339 e. The molecule has 2 heterocycles. The molecule has 13 heavy (non-hydrogen) atoms. The van der Waals surface area contributed by atoms with Crippen molar-refractivity contribution in [3.05, 3.63) is 23.5 Å². The second kappa shape index (κ2) is 2.98. The second-order valence-corrected chi connectivity index (χ2v) is 3.22. The van der Waals surface area contributed by atoms with Gasteiger partial charge in [-0.15, -0.1) is 11.3 Å². The van der Waals surface area contributed by atoms with Gasteiger partial charge in [0.05, 0.1) is 22.3 Å². The zero-order valence-electron chi connectivity index (χ0n) is 6.39. The summed E-state index contributed by atoms with van der Waals surface area (Å²) in [6.07, 6.45) is 2.89. The largest absolute Gasteiger partial charge is 0.478 e. The molecule has 2 rings (SSSR count). The van der Waals surface area contributed by atoms with E-state index in [1.807, 2.05) is 0 Å². The molecule has 0 saturated heterocycles. The van der Waals surface area contributed by atoms with Gasteiger partial charge in [-0.3, -0.25) is 10.1 Å². The van der Waals surface area contributed by atoms with Gasteiger partial charge in [0.1, 0.15) is 5.56 Å². The molecular weight excluding hydrogens is 190 g/mol. The molecule has 2 aromatic rings. The zero-order chi connectivity index (χ0) is 9.26. The number of carbonyl (C=O) groups is 1. The molecule has 0 atom stereocenters. The van der Waals surface area contributed by atoms with E-state index in [1.54, 1.807) is 11.7 Å². The van der Waals surface area contributed by atoms with Crippen molar-refractivity contribution >= 4 is 17.3 Å². The lowest BCUT2D eigenvalue weighted by Crippen LogP contribution is -1.95. The number of H-pyrrole nitrogens is 1. The first-order chi connectivity index (χ1) is 6.29. The van der Waals surface area contributed by atoms with Crippen LogP contribution in [0.1, 0.15) is 10.4 Å². The monoisotopic (exact) mass is 195 g/mol. The van der Waals surface area contributed by atoms with Crippen molar-refractivity contribution in [1.29, 1.82) is 0 Å². The highest BCUT2D eigenvalue weighted by molar-refractivity contribution is 7.13. The average molecular weight is 195 g/mol. The molecule has 0 bridgehead atoms. The van der Waals surface area contributed by atoms with Crippen LogP contribution < -0.4 is 0 Å². The van der Waals surface area contributed by atoms with E-state index in [1.165, 1.54) is 17.5 Å². The number of aromatic amines is 1. The Kier molecular flexibility index (Phi) is 1.82. The van der Waals surface area contributed by atoms with Crippen LogP contribution in [0.2, 0.25) is 0 Å². The lowest BCUT2D eigenvalue weighted by atomic mass is 10.2. The Balaban J connectivity index is 2.52. The highest BCUT2D eigenvalue weighted by Crippen LogP contribution is 2.23. The third-order valence-electron chi connectivity index (χ3n) is 1.55. The van der Waals surface area contributed by atoms with E-state index in [0.29, 0.717) is 5.69 Å². The van der Waals surface area contributed by atoms with E-state index in [0.717, 1.165) is 4.88 Å². The number of aromatic nitrogens is 3. The first kappa shape index (κ1) is 7.93. The van der Waals surface area contributed by atoms with Gasteiger partial charge in [-0.1, -0.05) is 0 Å². The summed E-state index contributed by atoms with van der Waals surface area (Å²) < 4.78 is 0. The van der Waals surface area contributed by atoms with Gasteiger partial charge in [0.25, 0.3) is 0 Å². The number of carboxylic acids is 1. The smallest absolute Gasteiger partial charge is 0.339 e. The maximum atomic E-state index is 10.7. The van der Waals surface area contributed by atoms with Gasteiger partial charge < -0.3 is 5.11 Å². The summed E-state index contributed by atoms with van der Waals surface area (Å²) in [7, 11) is 0. The molecule has 0 fully saturated rings. The van der Waals surface area contributed by atoms with Gasteiger partial charge >= 0.3 is 5.97 Å². The minimum Gasteiger partial charge on any atom is -0.478 e. The summed E-state index contributed by atoms with van der Waals surface area (Å²) in [6.45, 7) is 0. The van der Waals surface area contributed by atoms with Crippen LogP contribution in [0.15, 0.2) is 17.9 Å². The zero-order valence-corrected chi connectivity index (χ0v) is 7.21. The molecular formula is C7H5N3O2S. The Morgan fingerprint density at radius 1 is 1.54 bits per heavy atom. The Bertz CT molecular complexity index is 421. The van der Waals surface area contributed by atoms with Crippen molar-refractivity contribution in [2.24, 2.45) is 0 Å². The number of nitrogens with one attached hydrogen (secondary N) is 1. The fraction of sp³-hybridized carbons (Fsp3) is 0. The Morgan fingerprint density at radius 2 is 2.38 bits per heavy atom. The topological polar surface area (TPSA) is 78.9 Å². The van der Waals surface area contributed by atoms with Crippen LogP contribution in [0.25, 0.3) is 10.6 Å². The van der Waals surface area contributed by atoms with Gasteiger partial charge in [-0.2, -0.15) is 5.10 Å². The van der Waals surface area contributed by atoms with Crippen molar-refractivity contribution in [2.45, 2.75) is 0 Å². The Hall–Kier alpha value is -1.69. The summed E-state index contributed by atoms with van der Waals surface area (Å²) in [5.74, 6) is -0.989. The van der Waals surface area contributed by atoms with Gasteiger partial charge in [-0.05, 0) is 0 Å². The molecule has 5 nitrogen and oxygen atoms in total. The van der Waals surface area contributed by atoms with Gasteiger partial charge in [0.2, 0.25) is 0 Å². The SMILES string of the molecule is O=C(O)c1cn[nH]c1-c1cncs1. The normalized spacial score (nSPS) is 10.2. The number of rotatable bonds is 2. The minimum absolute atomic E-state index is 0.171. The summed E-state index contributed by atoms with van der Waals surface area (Å²) in [5.41, 5.74) is 2.32. The summed E-state index contributed by atoms with van der Waals surface area (Å²) in [4.78, 5) is 15.3. The molecule has 0 amide bonds. The number of hydrogen-bond donors (Lipinski definition) is 2. The molecule has 2 N–H and O–H groups in total. The molecule has 0 aliphatic rings. The van der Waals surface area contributed by atoms with E-state index in [2.05, 4.69) is 15.2 Å². The van der Waals surface area contributed by atoms with Crippen molar-refractivity contribution in [1.82, 2.24) is 15.2 Å². The molecule has 0 aromatic carbocycles. The molecule has 0 radical (unpaired) electrons. The summed E-state index contributed by atoms with van der Waals surface area (Å²) in [5, 5.41) is 15.1. The van der Waals surface area contributed by atoms with Gasteiger partial charge in [-0.25, -0.2) is 4.79 Å². The molecule has 0 unspecified atom stereocenters.